The number of ether oxygens (including phenoxy) is 1. The molecule has 1 amide bonds. The summed E-state index contributed by atoms with van der Waals surface area (Å²) in [7, 11) is 1.75. The lowest BCUT2D eigenvalue weighted by Gasteiger charge is -2.09. The molecular weight excluding hydrogens is 192 g/mol. The molecule has 0 aliphatic heterocycles. The zero-order valence-corrected chi connectivity index (χ0v) is 8.62. The second-order valence-corrected chi connectivity index (χ2v) is 3.64. The zero-order valence-electron chi connectivity index (χ0n) is 8.62. The van der Waals surface area contributed by atoms with Crippen molar-refractivity contribution in [2.24, 2.45) is 5.73 Å². The van der Waals surface area contributed by atoms with Gasteiger partial charge in [0, 0.05) is 12.7 Å². The fourth-order valence-corrected chi connectivity index (χ4v) is 1.40. The Morgan fingerprint density at radius 2 is 2.27 bits per heavy atom. The van der Waals surface area contributed by atoms with Crippen molar-refractivity contribution < 1.29 is 9.53 Å². The Balaban J connectivity index is 2.26. The van der Waals surface area contributed by atoms with Crippen molar-refractivity contribution in [1.82, 2.24) is 0 Å². The summed E-state index contributed by atoms with van der Waals surface area (Å²) in [4.78, 5) is 11.2. The van der Waals surface area contributed by atoms with Crippen LogP contribution in [0, 0.1) is 0 Å². The van der Waals surface area contributed by atoms with Crippen molar-refractivity contribution in [2.45, 2.75) is 18.9 Å². The van der Waals surface area contributed by atoms with Crippen LogP contribution in [0.2, 0.25) is 0 Å². The molecule has 0 saturated heterocycles. The molecule has 0 heterocycles. The first kappa shape index (κ1) is 9.83. The summed E-state index contributed by atoms with van der Waals surface area (Å²) in [5.74, 6) is 0.269. The van der Waals surface area contributed by atoms with Crippen LogP contribution in [-0.2, 0) is 0 Å². The Labute approximate surface area is 88.4 Å². The van der Waals surface area contributed by atoms with Gasteiger partial charge in [-0.05, 0) is 31.0 Å². The third-order valence-corrected chi connectivity index (χ3v) is 2.35. The lowest BCUT2D eigenvalue weighted by Crippen LogP contribution is -2.13. The minimum absolute atomic E-state index is 0.325. The molecule has 15 heavy (non-hydrogen) atoms. The fourth-order valence-electron chi connectivity index (χ4n) is 1.40. The van der Waals surface area contributed by atoms with Crippen LogP contribution in [0.1, 0.15) is 23.2 Å². The van der Waals surface area contributed by atoms with E-state index in [-0.39, 0.29) is 0 Å². The molecule has 4 heteroatoms. The highest BCUT2D eigenvalue weighted by atomic mass is 16.5. The average Bonchev–Trinajstić information content (AvgIpc) is 3.01. The smallest absolute Gasteiger partial charge is 0.250 e. The van der Waals surface area contributed by atoms with Gasteiger partial charge in [-0.2, -0.15) is 0 Å². The highest BCUT2D eigenvalue weighted by molar-refractivity contribution is 5.98. The number of benzene rings is 1. The molecule has 1 aliphatic rings. The number of nitrogens with two attached hydrogens (primary N) is 1. The molecule has 3 N–H and O–H groups in total. The number of hydrogen-bond acceptors (Lipinski definition) is 3. The number of anilines is 1. The van der Waals surface area contributed by atoms with Gasteiger partial charge in [0.15, 0.2) is 0 Å². The van der Waals surface area contributed by atoms with Crippen molar-refractivity contribution >= 4 is 11.6 Å². The lowest BCUT2D eigenvalue weighted by molar-refractivity contribution is 0.100. The molecule has 0 unspecified atom stereocenters. The monoisotopic (exact) mass is 206 g/mol. The van der Waals surface area contributed by atoms with Crippen LogP contribution in [0.4, 0.5) is 5.69 Å². The maximum absolute atomic E-state index is 11.2. The highest BCUT2D eigenvalue weighted by Crippen LogP contribution is 2.29. The van der Waals surface area contributed by atoms with Crippen molar-refractivity contribution in [3.8, 4) is 5.75 Å². The Bertz CT molecular complexity index is 386. The van der Waals surface area contributed by atoms with Crippen LogP contribution in [-0.4, -0.2) is 19.1 Å². The third kappa shape index (κ3) is 2.21. The van der Waals surface area contributed by atoms with Gasteiger partial charge in [-0.25, -0.2) is 0 Å². The Morgan fingerprint density at radius 3 is 2.80 bits per heavy atom. The largest absolute Gasteiger partial charge is 0.490 e. The number of hydrogen-bond donors (Lipinski definition) is 2. The standard InChI is InChI=1S/C11H14N2O2/c1-13-10-5-4-8(15-7-2-3-7)6-9(10)11(12)14/h4-7,13H,2-3H2,1H3,(H2,12,14). The summed E-state index contributed by atoms with van der Waals surface area (Å²) in [5, 5.41) is 2.92. The van der Waals surface area contributed by atoms with Gasteiger partial charge in [0.25, 0.3) is 5.91 Å². The van der Waals surface area contributed by atoms with E-state index >= 15 is 0 Å². The van der Waals surface area contributed by atoms with Gasteiger partial charge in [0.05, 0.1) is 11.7 Å². The summed E-state index contributed by atoms with van der Waals surface area (Å²) in [6.07, 6.45) is 2.52. The molecule has 80 valence electrons. The molecule has 1 fully saturated rings. The Morgan fingerprint density at radius 1 is 1.53 bits per heavy atom. The van der Waals surface area contributed by atoms with Crippen molar-refractivity contribution in [1.29, 1.82) is 0 Å². The zero-order chi connectivity index (χ0) is 10.8. The number of carbonyl (C=O) groups is 1. The van der Waals surface area contributed by atoms with Crippen LogP contribution in [0.5, 0.6) is 5.75 Å². The second-order valence-electron chi connectivity index (χ2n) is 3.64. The SMILES string of the molecule is CNc1ccc(OC2CC2)cc1C(N)=O. The maximum Gasteiger partial charge on any atom is 0.250 e. The van der Waals surface area contributed by atoms with E-state index in [9.17, 15) is 4.79 Å². The Kier molecular flexibility index (Phi) is 2.49. The van der Waals surface area contributed by atoms with E-state index < -0.39 is 5.91 Å². The van der Waals surface area contributed by atoms with Crippen molar-refractivity contribution in [3.63, 3.8) is 0 Å². The molecule has 0 bridgehead atoms. The first-order valence-electron chi connectivity index (χ1n) is 4.99. The summed E-state index contributed by atoms with van der Waals surface area (Å²) in [5.41, 5.74) is 6.47. The molecular formula is C11H14N2O2. The number of carbonyl (C=O) groups excluding carboxylic acids is 1. The molecule has 0 aromatic heterocycles. The summed E-state index contributed by atoms with van der Waals surface area (Å²) in [6, 6.07) is 5.33. The van der Waals surface area contributed by atoms with Crippen molar-refractivity contribution in [3.05, 3.63) is 23.8 Å². The normalized spacial score (nSPS) is 14.7. The summed E-state index contributed by atoms with van der Waals surface area (Å²) in [6.45, 7) is 0. The van der Waals surface area contributed by atoms with Gasteiger partial charge in [0.1, 0.15) is 5.75 Å². The predicted octanol–water partition coefficient (Wildman–Crippen LogP) is 1.37. The number of amides is 1. The molecule has 0 radical (unpaired) electrons. The fraction of sp³-hybridized carbons (Fsp3) is 0.364. The van der Waals surface area contributed by atoms with E-state index in [2.05, 4.69) is 5.32 Å². The van der Waals surface area contributed by atoms with E-state index in [4.69, 9.17) is 10.5 Å². The topological polar surface area (TPSA) is 64.3 Å². The molecule has 1 aromatic carbocycles. The van der Waals surface area contributed by atoms with Gasteiger partial charge in [-0.3, -0.25) is 4.79 Å². The predicted molar refractivity (Wildman–Crippen MR) is 58.2 cm³/mol. The number of nitrogens with one attached hydrogen (secondary N) is 1. The molecule has 1 saturated carbocycles. The molecule has 0 spiro atoms. The molecule has 1 aliphatic carbocycles. The van der Waals surface area contributed by atoms with Crippen LogP contribution < -0.4 is 15.8 Å². The van der Waals surface area contributed by atoms with E-state index in [1.54, 1.807) is 19.2 Å². The highest BCUT2D eigenvalue weighted by Gasteiger charge is 2.23. The molecule has 0 atom stereocenters. The molecule has 2 rings (SSSR count). The summed E-state index contributed by atoms with van der Waals surface area (Å²) >= 11 is 0. The lowest BCUT2D eigenvalue weighted by atomic mass is 10.1. The Hall–Kier alpha value is -1.71. The maximum atomic E-state index is 11.2. The first-order chi connectivity index (χ1) is 7.20. The first-order valence-corrected chi connectivity index (χ1v) is 4.99. The van der Waals surface area contributed by atoms with E-state index in [0.717, 1.165) is 18.5 Å². The van der Waals surface area contributed by atoms with Gasteiger partial charge in [-0.1, -0.05) is 0 Å². The molecule has 1 aromatic rings. The van der Waals surface area contributed by atoms with Gasteiger partial charge >= 0.3 is 0 Å². The minimum Gasteiger partial charge on any atom is -0.490 e. The van der Waals surface area contributed by atoms with Crippen molar-refractivity contribution in [2.75, 3.05) is 12.4 Å². The average molecular weight is 206 g/mol. The van der Waals surface area contributed by atoms with Crippen LogP contribution >= 0.6 is 0 Å². The van der Waals surface area contributed by atoms with E-state index in [0.29, 0.717) is 17.4 Å². The van der Waals surface area contributed by atoms with E-state index in [1.165, 1.54) is 0 Å². The van der Waals surface area contributed by atoms with Crippen LogP contribution in [0.15, 0.2) is 18.2 Å². The van der Waals surface area contributed by atoms with E-state index in [1.807, 2.05) is 6.07 Å². The minimum atomic E-state index is -0.444. The third-order valence-electron chi connectivity index (χ3n) is 2.35. The quantitative estimate of drug-likeness (QED) is 0.782. The summed E-state index contributed by atoms with van der Waals surface area (Å²) < 4.78 is 5.58. The van der Waals surface area contributed by atoms with Crippen LogP contribution in [0.3, 0.4) is 0 Å². The van der Waals surface area contributed by atoms with Gasteiger partial charge in [0.2, 0.25) is 0 Å². The molecule has 4 nitrogen and oxygen atoms in total. The van der Waals surface area contributed by atoms with Crippen LogP contribution in [0.25, 0.3) is 0 Å². The number of primary amides is 1. The number of rotatable bonds is 4. The van der Waals surface area contributed by atoms with Gasteiger partial charge in [-0.15, -0.1) is 0 Å². The second kappa shape index (κ2) is 3.81. The van der Waals surface area contributed by atoms with Gasteiger partial charge < -0.3 is 15.8 Å².